The number of aromatic nitrogens is 2. The smallest absolute Gasteiger partial charge is 0.317 e. The largest absolute Gasteiger partial charge is 0.356 e. The molecule has 2 saturated heterocycles. The maximum atomic E-state index is 12.3. The monoisotopic (exact) mass is 353 g/mol. The van der Waals surface area contributed by atoms with Crippen LogP contribution < -0.4 is 10.2 Å². The lowest BCUT2D eigenvalue weighted by atomic mass is 10.0. The predicted octanol–water partition coefficient (Wildman–Crippen LogP) is 0.274. The molecule has 3 heterocycles. The summed E-state index contributed by atoms with van der Waals surface area (Å²) in [5.74, 6) is 1.11. The summed E-state index contributed by atoms with van der Waals surface area (Å²) in [5.41, 5.74) is 0. The van der Waals surface area contributed by atoms with E-state index in [0.29, 0.717) is 25.6 Å². The molecule has 0 spiro atoms. The van der Waals surface area contributed by atoms with Crippen LogP contribution in [-0.2, 0) is 9.84 Å². The summed E-state index contributed by atoms with van der Waals surface area (Å²) in [5, 5.41) is 2.85. The Morgan fingerprint density at radius 2 is 2.08 bits per heavy atom. The molecule has 0 radical (unpaired) electrons. The number of carbonyl (C=O) groups excluding carboxylic acids is 1. The van der Waals surface area contributed by atoms with Gasteiger partial charge in [0.25, 0.3) is 0 Å². The molecule has 0 aliphatic carbocycles. The number of nitrogens with one attached hydrogen (secondary N) is 1. The van der Waals surface area contributed by atoms with Crippen LogP contribution in [0.1, 0.15) is 19.3 Å². The summed E-state index contributed by atoms with van der Waals surface area (Å²) in [6.45, 7) is 1.32. The van der Waals surface area contributed by atoms with Crippen LogP contribution in [0.5, 0.6) is 0 Å². The fourth-order valence-corrected chi connectivity index (χ4v) is 4.98. The minimum atomic E-state index is -2.97. The molecule has 24 heavy (non-hydrogen) atoms. The van der Waals surface area contributed by atoms with Gasteiger partial charge in [0.1, 0.15) is 12.1 Å². The predicted molar refractivity (Wildman–Crippen MR) is 90.6 cm³/mol. The number of likely N-dealkylation sites (tertiary alicyclic amines) is 1. The molecule has 9 heteroatoms. The van der Waals surface area contributed by atoms with Gasteiger partial charge in [-0.1, -0.05) is 0 Å². The molecule has 0 bridgehead atoms. The van der Waals surface area contributed by atoms with Crippen molar-refractivity contribution in [1.29, 1.82) is 0 Å². The molecule has 3 rings (SSSR count). The van der Waals surface area contributed by atoms with Gasteiger partial charge >= 0.3 is 6.03 Å². The van der Waals surface area contributed by atoms with E-state index < -0.39 is 9.84 Å². The van der Waals surface area contributed by atoms with E-state index in [0.717, 1.165) is 18.7 Å². The number of piperidine rings is 1. The molecular weight excluding hydrogens is 330 g/mol. The number of carbonyl (C=O) groups is 1. The zero-order valence-corrected chi connectivity index (χ0v) is 14.6. The van der Waals surface area contributed by atoms with Gasteiger partial charge in [0.2, 0.25) is 0 Å². The van der Waals surface area contributed by atoms with Crippen molar-refractivity contribution in [2.75, 3.05) is 36.5 Å². The van der Waals surface area contributed by atoms with E-state index in [1.807, 2.05) is 13.1 Å². The molecule has 1 atom stereocenters. The van der Waals surface area contributed by atoms with Crippen LogP contribution in [-0.4, -0.2) is 73.0 Å². The molecule has 0 saturated carbocycles. The second-order valence-corrected chi connectivity index (χ2v) is 8.67. The average molecular weight is 353 g/mol. The third-order valence-electron chi connectivity index (χ3n) is 4.79. The highest BCUT2D eigenvalue weighted by atomic mass is 32.2. The summed E-state index contributed by atoms with van der Waals surface area (Å²) < 4.78 is 22.9. The van der Waals surface area contributed by atoms with Gasteiger partial charge in [0.15, 0.2) is 9.84 Å². The fourth-order valence-electron chi connectivity index (χ4n) is 3.31. The maximum Gasteiger partial charge on any atom is 0.317 e. The van der Waals surface area contributed by atoms with E-state index >= 15 is 0 Å². The van der Waals surface area contributed by atoms with Gasteiger partial charge in [-0.15, -0.1) is 0 Å². The Morgan fingerprint density at radius 3 is 2.67 bits per heavy atom. The van der Waals surface area contributed by atoms with Gasteiger partial charge in [-0.05, 0) is 25.3 Å². The Kier molecular flexibility index (Phi) is 4.88. The highest BCUT2D eigenvalue weighted by molar-refractivity contribution is 7.91. The van der Waals surface area contributed by atoms with Crippen molar-refractivity contribution >= 4 is 21.7 Å². The van der Waals surface area contributed by atoms with Crippen molar-refractivity contribution in [2.24, 2.45) is 0 Å². The maximum absolute atomic E-state index is 12.3. The quantitative estimate of drug-likeness (QED) is 0.838. The molecule has 2 aliphatic rings. The first kappa shape index (κ1) is 16.9. The number of nitrogens with zero attached hydrogens (tertiary/aromatic N) is 4. The van der Waals surface area contributed by atoms with E-state index in [1.54, 1.807) is 11.1 Å². The van der Waals surface area contributed by atoms with Crippen molar-refractivity contribution in [2.45, 2.75) is 31.3 Å². The summed E-state index contributed by atoms with van der Waals surface area (Å²) in [4.78, 5) is 24.4. The van der Waals surface area contributed by atoms with Gasteiger partial charge in [-0.3, -0.25) is 0 Å². The van der Waals surface area contributed by atoms with Gasteiger partial charge in [-0.25, -0.2) is 23.2 Å². The van der Waals surface area contributed by atoms with E-state index in [2.05, 4.69) is 20.2 Å². The van der Waals surface area contributed by atoms with Crippen LogP contribution in [0.4, 0.5) is 10.6 Å². The molecule has 132 valence electrons. The minimum Gasteiger partial charge on any atom is -0.356 e. The summed E-state index contributed by atoms with van der Waals surface area (Å²) in [6.07, 6.45) is 5.48. The Hall–Kier alpha value is -1.90. The van der Waals surface area contributed by atoms with Crippen LogP contribution >= 0.6 is 0 Å². The summed E-state index contributed by atoms with van der Waals surface area (Å²) >= 11 is 0. The van der Waals surface area contributed by atoms with Gasteiger partial charge in [0.05, 0.1) is 11.5 Å². The molecule has 1 N–H and O–H groups in total. The Labute approximate surface area is 142 Å². The van der Waals surface area contributed by atoms with E-state index in [1.165, 1.54) is 6.33 Å². The lowest BCUT2D eigenvalue weighted by Crippen LogP contribution is -2.51. The van der Waals surface area contributed by atoms with Gasteiger partial charge < -0.3 is 15.1 Å². The lowest BCUT2D eigenvalue weighted by molar-refractivity contribution is 0.178. The second kappa shape index (κ2) is 6.92. The zero-order chi connectivity index (χ0) is 17.2. The Bertz CT molecular complexity index is 674. The first-order chi connectivity index (χ1) is 11.4. The van der Waals surface area contributed by atoms with Gasteiger partial charge in [0, 0.05) is 38.4 Å². The lowest BCUT2D eigenvalue weighted by Gasteiger charge is -2.37. The highest BCUT2D eigenvalue weighted by Crippen LogP contribution is 2.20. The van der Waals surface area contributed by atoms with Crippen LogP contribution in [0.2, 0.25) is 0 Å². The van der Waals surface area contributed by atoms with E-state index in [9.17, 15) is 13.2 Å². The summed E-state index contributed by atoms with van der Waals surface area (Å²) in [7, 11) is -0.968. The number of rotatable bonds is 3. The van der Waals surface area contributed by atoms with Crippen molar-refractivity contribution in [3.8, 4) is 0 Å². The van der Waals surface area contributed by atoms with Crippen molar-refractivity contribution in [1.82, 2.24) is 20.2 Å². The van der Waals surface area contributed by atoms with Crippen LogP contribution in [0, 0.1) is 0 Å². The normalized spacial score (nSPS) is 23.9. The standard InChI is InChI=1S/C15H23N5O3S/c1-19(14-2-6-16-11-17-14)13-3-7-20(8-4-13)15(21)18-12-5-9-24(22,23)10-12/h2,6,11-13H,3-5,7-10H2,1H3,(H,18,21). The number of hydrogen-bond acceptors (Lipinski definition) is 6. The van der Waals surface area contributed by atoms with Crippen molar-refractivity contribution < 1.29 is 13.2 Å². The zero-order valence-electron chi connectivity index (χ0n) is 13.8. The molecule has 1 unspecified atom stereocenters. The minimum absolute atomic E-state index is 0.0612. The highest BCUT2D eigenvalue weighted by Gasteiger charge is 2.31. The molecule has 1 aromatic rings. The third kappa shape index (κ3) is 3.95. The molecule has 2 aliphatic heterocycles. The molecule has 2 fully saturated rings. The van der Waals surface area contributed by atoms with Crippen LogP contribution in [0.3, 0.4) is 0 Å². The van der Waals surface area contributed by atoms with Crippen LogP contribution in [0.15, 0.2) is 18.6 Å². The molecule has 1 aromatic heterocycles. The van der Waals surface area contributed by atoms with Gasteiger partial charge in [-0.2, -0.15) is 0 Å². The van der Waals surface area contributed by atoms with E-state index in [-0.39, 0.29) is 23.6 Å². The molecule has 0 aromatic carbocycles. The SMILES string of the molecule is CN(c1ccncn1)C1CCN(C(=O)NC2CCS(=O)(=O)C2)CC1. The summed E-state index contributed by atoms with van der Waals surface area (Å²) in [6, 6.07) is 1.81. The first-order valence-electron chi connectivity index (χ1n) is 8.19. The third-order valence-corrected chi connectivity index (χ3v) is 6.56. The Balaban J connectivity index is 1.49. The number of sulfone groups is 1. The molecule has 8 nitrogen and oxygen atoms in total. The van der Waals surface area contributed by atoms with E-state index in [4.69, 9.17) is 0 Å². The van der Waals surface area contributed by atoms with Crippen molar-refractivity contribution in [3.63, 3.8) is 0 Å². The number of anilines is 1. The topological polar surface area (TPSA) is 95.5 Å². The Morgan fingerprint density at radius 1 is 1.33 bits per heavy atom. The number of urea groups is 1. The second-order valence-electron chi connectivity index (χ2n) is 6.45. The average Bonchev–Trinajstić information content (AvgIpc) is 2.93. The number of hydrogen-bond donors (Lipinski definition) is 1. The van der Waals surface area contributed by atoms with Crippen molar-refractivity contribution in [3.05, 3.63) is 18.6 Å². The first-order valence-corrected chi connectivity index (χ1v) is 10.0. The molecule has 2 amide bonds. The number of amides is 2. The fraction of sp³-hybridized carbons (Fsp3) is 0.667. The van der Waals surface area contributed by atoms with Crippen LogP contribution in [0.25, 0.3) is 0 Å². The molecular formula is C15H23N5O3S.